The van der Waals surface area contributed by atoms with Gasteiger partial charge in [-0.05, 0) is 43.7 Å². The van der Waals surface area contributed by atoms with Gasteiger partial charge in [-0.15, -0.1) is 11.3 Å². The van der Waals surface area contributed by atoms with Crippen molar-refractivity contribution in [1.82, 2.24) is 10.6 Å². The van der Waals surface area contributed by atoms with Gasteiger partial charge in [-0.3, -0.25) is 9.59 Å². The van der Waals surface area contributed by atoms with Gasteiger partial charge in [-0.25, -0.2) is 0 Å². The van der Waals surface area contributed by atoms with E-state index in [1.165, 1.54) is 0 Å². The predicted octanol–water partition coefficient (Wildman–Crippen LogP) is 3.87. The third-order valence-corrected chi connectivity index (χ3v) is 4.89. The Hall–Kier alpha value is -2.66. The molecule has 1 radical (unpaired) electrons. The normalized spacial score (nSPS) is 10.6. The van der Waals surface area contributed by atoms with E-state index in [9.17, 15) is 9.59 Å². The standard InChI is InChI=1S/C20H19N2O2S/c1-3-21-19(23)14-7-5-13(6-8-14)17-11-15-9-10-16(12-18(15)25-17)20(24)22-4-2/h5-10,12H,3-4H2,1-2H3,(H,21,23)(H,22,24). The summed E-state index contributed by atoms with van der Waals surface area (Å²) in [6.07, 6.45) is 0. The summed E-state index contributed by atoms with van der Waals surface area (Å²) in [4.78, 5) is 24.8. The summed E-state index contributed by atoms with van der Waals surface area (Å²) in [5, 5.41) is 6.58. The third-order valence-electron chi connectivity index (χ3n) is 3.79. The molecule has 0 atom stereocenters. The lowest BCUT2D eigenvalue weighted by Gasteiger charge is -2.03. The summed E-state index contributed by atoms with van der Waals surface area (Å²) in [7, 11) is 0. The van der Waals surface area contributed by atoms with E-state index in [4.69, 9.17) is 0 Å². The SMILES string of the molecule is CCNC(=O)c1ccc(-c2[c]c3ccc(C(=O)NCC)cc3s2)cc1. The minimum atomic E-state index is -0.0686. The van der Waals surface area contributed by atoms with Crippen LogP contribution >= 0.6 is 11.3 Å². The molecule has 3 rings (SSSR count). The Bertz CT molecular complexity index is 913. The highest BCUT2D eigenvalue weighted by Crippen LogP contribution is 2.33. The van der Waals surface area contributed by atoms with E-state index in [2.05, 4.69) is 16.7 Å². The van der Waals surface area contributed by atoms with Crippen molar-refractivity contribution >= 4 is 33.2 Å². The van der Waals surface area contributed by atoms with Crippen LogP contribution in [0.25, 0.3) is 20.5 Å². The van der Waals surface area contributed by atoms with Crippen molar-refractivity contribution in [3.63, 3.8) is 0 Å². The first-order valence-corrected chi connectivity index (χ1v) is 9.06. The number of nitrogens with one attached hydrogen (secondary N) is 2. The molecule has 0 bridgehead atoms. The Labute approximate surface area is 150 Å². The molecular formula is C20H19N2O2S. The maximum absolute atomic E-state index is 12.0. The van der Waals surface area contributed by atoms with Gasteiger partial charge in [-0.1, -0.05) is 18.2 Å². The number of carbonyl (C=O) groups is 2. The van der Waals surface area contributed by atoms with Crippen molar-refractivity contribution in [2.75, 3.05) is 13.1 Å². The van der Waals surface area contributed by atoms with Crippen molar-refractivity contribution < 1.29 is 9.59 Å². The van der Waals surface area contributed by atoms with Crippen LogP contribution in [-0.4, -0.2) is 24.9 Å². The zero-order valence-electron chi connectivity index (χ0n) is 14.2. The topological polar surface area (TPSA) is 58.2 Å². The molecule has 0 saturated carbocycles. The molecule has 0 aliphatic heterocycles. The molecule has 1 heterocycles. The minimum Gasteiger partial charge on any atom is -0.352 e. The fourth-order valence-electron chi connectivity index (χ4n) is 2.54. The van der Waals surface area contributed by atoms with E-state index in [0.717, 1.165) is 20.5 Å². The van der Waals surface area contributed by atoms with Gasteiger partial charge in [-0.2, -0.15) is 0 Å². The zero-order valence-corrected chi connectivity index (χ0v) is 15.0. The van der Waals surface area contributed by atoms with E-state index in [1.807, 2.05) is 56.3 Å². The molecule has 1 aromatic heterocycles. The zero-order chi connectivity index (χ0) is 17.8. The van der Waals surface area contributed by atoms with Gasteiger partial charge in [0.15, 0.2) is 0 Å². The van der Waals surface area contributed by atoms with Crippen molar-refractivity contribution in [2.24, 2.45) is 0 Å². The molecule has 0 aliphatic carbocycles. The highest BCUT2D eigenvalue weighted by Gasteiger charge is 2.10. The second kappa shape index (κ2) is 7.49. The van der Waals surface area contributed by atoms with Gasteiger partial charge in [0.05, 0.1) is 0 Å². The Balaban J connectivity index is 1.88. The Kier molecular flexibility index (Phi) is 5.14. The lowest BCUT2D eigenvalue weighted by molar-refractivity contribution is 0.0947. The second-order valence-electron chi connectivity index (χ2n) is 5.56. The number of fused-ring (bicyclic) bond motifs is 1. The van der Waals surface area contributed by atoms with Crippen LogP contribution in [0, 0.1) is 6.07 Å². The fourth-order valence-corrected chi connectivity index (χ4v) is 3.59. The first kappa shape index (κ1) is 17.2. The second-order valence-corrected chi connectivity index (χ2v) is 6.62. The molecule has 0 aliphatic rings. The molecule has 4 nitrogen and oxygen atoms in total. The van der Waals surface area contributed by atoms with E-state index in [-0.39, 0.29) is 11.8 Å². The van der Waals surface area contributed by atoms with E-state index in [0.29, 0.717) is 24.2 Å². The van der Waals surface area contributed by atoms with Crippen LogP contribution in [-0.2, 0) is 0 Å². The number of carbonyl (C=O) groups excluding carboxylic acids is 2. The van der Waals surface area contributed by atoms with Crippen LogP contribution in [0.3, 0.4) is 0 Å². The summed E-state index contributed by atoms with van der Waals surface area (Å²) >= 11 is 1.59. The van der Waals surface area contributed by atoms with Crippen LogP contribution < -0.4 is 10.6 Å². The summed E-state index contributed by atoms with van der Waals surface area (Å²) in [6.45, 7) is 5.01. The van der Waals surface area contributed by atoms with Crippen molar-refractivity contribution in [3.8, 4) is 10.4 Å². The first-order valence-electron chi connectivity index (χ1n) is 8.25. The summed E-state index contributed by atoms with van der Waals surface area (Å²) in [6, 6.07) is 16.5. The average Bonchev–Trinajstić information content (AvgIpc) is 3.05. The highest BCUT2D eigenvalue weighted by molar-refractivity contribution is 7.22. The molecule has 0 fully saturated rings. The monoisotopic (exact) mass is 351 g/mol. The molecule has 2 aromatic carbocycles. The van der Waals surface area contributed by atoms with E-state index < -0.39 is 0 Å². The summed E-state index contributed by atoms with van der Waals surface area (Å²) in [5.41, 5.74) is 2.31. The van der Waals surface area contributed by atoms with Crippen LogP contribution in [0.1, 0.15) is 34.6 Å². The number of amides is 2. The molecule has 127 valence electrons. The van der Waals surface area contributed by atoms with Gasteiger partial charge in [0.1, 0.15) is 0 Å². The Morgan fingerprint density at radius 1 is 0.920 bits per heavy atom. The quantitative estimate of drug-likeness (QED) is 0.733. The first-order chi connectivity index (χ1) is 12.1. The van der Waals surface area contributed by atoms with Gasteiger partial charge < -0.3 is 10.6 Å². The highest BCUT2D eigenvalue weighted by atomic mass is 32.1. The van der Waals surface area contributed by atoms with E-state index in [1.54, 1.807) is 11.3 Å². The molecular weight excluding hydrogens is 332 g/mol. The molecule has 2 N–H and O–H groups in total. The fraction of sp³-hybridized carbons (Fsp3) is 0.200. The maximum atomic E-state index is 12.0. The van der Waals surface area contributed by atoms with Crippen molar-refractivity contribution in [1.29, 1.82) is 0 Å². The molecule has 0 unspecified atom stereocenters. The molecule has 5 heteroatoms. The van der Waals surface area contributed by atoms with Gasteiger partial charge in [0.25, 0.3) is 11.8 Å². The number of thiophene rings is 1. The third kappa shape index (κ3) is 3.72. The van der Waals surface area contributed by atoms with Crippen LogP contribution in [0.4, 0.5) is 0 Å². The lowest BCUT2D eigenvalue weighted by Crippen LogP contribution is -2.22. The summed E-state index contributed by atoms with van der Waals surface area (Å²) in [5.74, 6) is -0.133. The van der Waals surface area contributed by atoms with Crippen molar-refractivity contribution in [2.45, 2.75) is 13.8 Å². The number of rotatable bonds is 5. The van der Waals surface area contributed by atoms with Crippen LogP contribution in [0.15, 0.2) is 42.5 Å². The number of hydrogen-bond acceptors (Lipinski definition) is 3. The molecule has 0 spiro atoms. The lowest BCUT2D eigenvalue weighted by atomic mass is 10.1. The minimum absolute atomic E-state index is 0.0642. The van der Waals surface area contributed by atoms with E-state index >= 15 is 0 Å². The summed E-state index contributed by atoms with van der Waals surface area (Å²) < 4.78 is 1.02. The predicted molar refractivity (Wildman–Crippen MR) is 102 cm³/mol. The number of hydrogen-bond donors (Lipinski definition) is 2. The largest absolute Gasteiger partial charge is 0.352 e. The average molecular weight is 351 g/mol. The molecule has 3 aromatic rings. The molecule has 25 heavy (non-hydrogen) atoms. The van der Waals surface area contributed by atoms with Gasteiger partial charge in [0, 0.05) is 45.2 Å². The van der Waals surface area contributed by atoms with Gasteiger partial charge in [0.2, 0.25) is 0 Å². The molecule has 2 amide bonds. The Morgan fingerprint density at radius 2 is 1.52 bits per heavy atom. The van der Waals surface area contributed by atoms with Crippen LogP contribution in [0.5, 0.6) is 0 Å². The van der Waals surface area contributed by atoms with Crippen LogP contribution in [0.2, 0.25) is 0 Å². The van der Waals surface area contributed by atoms with Crippen molar-refractivity contribution in [3.05, 3.63) is 59.7 Å². The van der Waals surface area contributed by atoms with Gasteiger partial charge >= 0.3 is 0 Å². The Morgan fingerprint density at radius 3 is 2.16 bits per heavy atom. The number of benzene rings is 2. The molecule has 0 saturated heterocycles. The maximum Gasteiger partial charge on any atom is 0.251 e. The smallest absolute Gasteiger partial charge is 0.251 e.